The van der Waals surface area contributed by atoms with Crippen LogP contribution in [0.2, 0.25) is 0 Å². The van der Waals surface area contributed by atoms with E-state index in [9.17, 15) is 13.2 Å². The summed E-state index contributed by atoms with van der Waals surface area (Å²) in [6.07, 6.45) is -4.94. The Morgan fingerprint density at radius 2 is 2.00 bits per heavy atom. The lowest BCUT2D eigenvalue weighted by Gasteiger charge is -2.09. The van der Waals surface area contributed by atoms with Gasteiger partial charge >= 0.3 is 0 Å². The zero-order chi connectivity index (χ0) is 10.7. The number of rotatable bonds is 2. The largest absolute Gasteiger partial charge is 0.382 e. The van der Waals surface area contributed by atoms with Crippen molar-refractivity contribution < 1.29 is 18.3 Å². The van der Waals surface area contributed by atoms with Crippen molar-refractivity contribution in [2.75, 3.05) is 0 Å². The molecule has 0 bridgehead atoms. The molecule has 2 nitrogen and oxygen atoms in total. The van der Waals surface area contributed by atoms with Crippen LogP contribution >= 0.6 is 0 Å². The van der Waals surface area contributed by atoms with Gasteiger partial charge in [0.05, 0.1) is 5.56 Å². The summed E-state index contributed by atoms with van der Waals surface area (Å²) in [5, 5.41) is 17.3. The second kappa shape index (κ2) is 4.11. The number of halogens is 3. The van der Waals surface area contributed by atoms with Gasteiger partial charge in [0.2, 0.25) is 0 Å². The van der Waals surface area contributed by atoms with Crippen molar-refractivity contribution in [2.24, 2.45) is 0 Å². The average Bonchev–Trinajstić information content (AvgIpc) is 2.17. The molecule has 14 heavy (non-hydrogen) atoms. The van der Waals surface area contributed by atoms with Gasteiger partial charge in [-0.2, -0.15) is 5.26 Å². The van der Waals surface area contributed by atoms with Crippen molar-refractivity contribution >= 4 is 0 Å². The third-order valence-corrected chi connectivity index (χ3v) is 1.69. The highest BCUT2D eigenvalue weighted by Gasteiger charge is 2.19. The summed E-state index contributed by atoms with van der Waals surface area (Å²) in [5.74, 6) is -0.794. The number of aliphatic hydroxyl groups is 1. The van der Waals surface area contributed by atoms with E-state index in [1.807, 2.05) is 0 Å². The lowest BCUT2D eigenvalue weighted by atomic mass is 10.1. The molecule has 0 aliphatic rings. The van der Waals surface area contributed by atoms with Crippen LogP contribution in [0.1, 0.15) is 17.2 Å². The maximum Gasteiger partial charge on any atom is 0.268 e. The number of hydrogen-bond acceptors (Lipinski definition) is 2. The van der Waals surface area contributed by atoms with Gasteiger partial charge in [-0.1, -0.05) is 6.07 Å². The number of aliphatic hydroxyl groups excluding tert-OH is 1. The molecule has 1 aromatic rings. The Bertz CT molecular complexity index is 373. The molecular formula is C9H6F3NO. The van der Waals surface area contributed by atoms with E-state index in [4.69, 9.17) is 10.4 Å². The number of alkyl halides is 2. The maximum atomic E-state index is 12.7. The average molecular weight is 201 g/mol. The van der Waals surface area contributed by atoms with Gasteiger partial charge in [-0.3, -0.25) is 0 Å². The molecule has 5 heteroatoms. The minimum atomic E-state index is -2.95. The van der Waals surface area contributed by atoms with Crippen LogP contribution in [0.4, 0.5) is 13.2 Å². The maximum absolute atomic E-state index is 12.7. The molecule has 0 fully saturated rings. The number of hydrogen-bond donors (Lipinski definition) is 1. The van der Waals surface area contributed by atoms with Crippen LogP contribution in [0.25, 0.3) is 0 Å². The zero-order valence-corrected chi connectivity index (χ0v) is 6.92. The van der Waals surface area contributed by atoms with Gasteiger partial charge in [0.1, 0.15) is 18.0 Å². The first-order chi connectivity index (χ1) is 6.56. The van der Waals surface area contributed by atoms with Crippen molar-refractivity contribution in [2.45, 2.75) is 12.5 Å². The van der Waals surface area contributed by atoms with Gasteiger partial charge in [0, 0.05) is 0 Å². The number of nitrogens with zero attached hydrogens (tertiary/aromatic N) is 1. The van der Waals surface area contributed by atoms with E-state index in [-0.39, 0.29) is 11.1 Å². The lowest BCUT2D eigenvalue weighted by Crippen LogP contribution is -2.08. The van der Waals surface area contributed by atoms with Gasteiger partial charge in [0.15, 0.2) is 0 Å². The summed E-state index contributed by atoms with van der Waals surface area (Å²) in [5.41, 5.74) is -0.528. The fourth-order valence-electron chi connectivity index (χ4n) is 0.958. The highest BCUT2D eigenvalue weighted by molar-refractivity contribution is 5.35. The molecule has 74 valence electrons. The molecule has 1 rings (SSSR count). The Labute approximate surface area is 78.2 Å². The molecule has 0 amide bonds. The van der Waals surface area contributed by atoms with Crippen LogP contribution in [0.15, 0.2) is 18.2 Å². The molecule has 0 radical (unpaired) electrons. The standard InChI is InChI=1S/C9H6F3NO/c10-7-2-1-5(3-6(7)4-13)8(14)9(11)12/h1-3,8-9,14H. The van der Waals surface area contributed by atoms with Crippen LogP contribution in [0, 0.1) is 17.1 Å². The first-order valence-corrected chi connectivity index (χ1v) is 3.72. The van der Waals surface area contributed by atoms with Crippen molar-refractivity contribution in [3.63, 3.8) is 0 Å². The molecule has 1 atom stereocenters. The summed E-state index contributed by atoms with van der Waals surface area (Å²) in [6.45, 7) is 0. The number of benzene rings is 1. The van der Waals surface area contributed by atoms with E-state index in [1.54, 1.807) is 0 Å². The molecule has 0 aliphatic heterocycles. The van der Waals surface area contributed by atoms with Crippen LogP contribution < -0.4 is 0 Å². The predicted molar refractivity (Wildman–Crippen MR) is 42.1 cm³/mol. The fraction of sp³-hybridized carbons (Fsp3) is 0.222. The van der Waals surface area contributed by atoms with E-state index in [0.29, 0.717) is 0 Å². The Morgan fingerprint density at radius 1 is 1.36 bits per heavy atom. The smallest absolute Gasteiger partial charge is 0.268 e. The van der Waals surface area contributed by atoms with E-state index in [1.165, 1.54) is 6.07 Å². The van der Waals surface area contributed by atoms with E-state index < -0.39 is 18.3 Å². The fourth-order valence-corrected chi connectivity index (χ4v) is 0.958. The second-order valence-corrected chi connectivity index (χ2v) is 2.63. The van der Waals surface area contributed by atoms with Crippen LogP contribution in [0.5, 0.6) is 0 Å². The molecule has 0 spiro atoms. The molecule has 0 heterocycles. The van der Waals surface area contributed by atoms with Gasteiger partial charge < -0.3 is 5.11 Å². The summed E-state index contributed by atoms with van der Waals surface area (Å²) >= 11 is 0. The SMILES string of the molecule is N#Cc1cc(C(O)C(F)F)ccc1F. The normalized spacial score (nSPS) is 12.6. The molecule has 0 aliphatic carbocycles. The molecule has 0 saturated heterocycles. The monoisotopic (exact) mass is 201 g/mol. The van der Waals surface area contributed by atoms with Crippen molar-refractivity contribution in [3.05, 3.63) is 35.1 Å². The Hall–Kier alpha value is -1.54. The van der Waals surface area contributed by atoms with E-state index in [2.05, 4.69) is 0 Å². The summed E-state index contributed by atoms with van der Waals surface area (Å²) < 4.78 is 36.8. The van der Waals surface area contributed by atoms with Crippen molar-refractivity contribution in [1.82, 2.24) is 0 Å². The molecule has 0 aromatic heterocycles. The van der Waals surface area contributed by atoms with Crippen LogP contribution in [-0.2, 0) is 0 Å². The second-order valence-electron chi connectivity index (χ2n) is 2.63. The molecule has 0 saturated carbocycles. The topological polar surface area (TPSA) is 44.0 Å². The van der Waals surface area contributed by atoms with E-state index >= 15 is 0 Å². The quantitative estimate of drug-likeness (QED) is 0.795. The highest BCUT2D eigenvalue weighted by atomic mass is 19.3. The Balaban J connectivity index is 3.08. The predicted octanol–water partition coefficient (Wildman–Crippen LogP) is 2.00. The number of nitriles is 1. The molecular weight excluding hydrogens is 195 g/mol. The Morgan fingerprint density at radius 3 is 2.50 bits per heavy atom. The van der Waals surface area contributed by atoms with Gasteiger partial charge in [-0.25, -0.2) is 13.2 Å². The summed E-state index contributed by atoms with van der Waals surface area (Å²) in [4.78, 5) is 0. The van der Waals surface area contributed by atoms with Crippen molar-refractivity contribution in [1.29, 1.82) is 5.26 Å². The molecule has 1 unspecified atom stereocenters. The third kappa shape index (κ3) is 2.03. The third-order valence-electron chi connectivity index (χ3n) is 1.69. The molecule has 1 N–H and O–H groups in total. The Kier molecular flexibility index (Phi) is 3.10. The highest BCUT2D eigenvalue weighted by Crippen LogP contribution is 2.22. The molecule has 1 aromatic carbocycles. The van der Waals surface area contributed by atoms with Gasteiger partial charge in [-0.05, 0) is 17.7 Å². The summed E-state index contributed by atoms with van der Waals surface area (Å²) in [7, 11) is 0. The first kappa shape index (κ1) is 10.5. The van der Waals surface area contributed by atoms with Crippen molar-refractivity contribution in [3.8, 4) is 6.07 Å². The minimum Gasteiger partial charge on any atom is -0.382 e. The zero-order valence-electron chi connectivity index (χ0n) is 6.92. The van der Waals surface area contributed by atoms with Gasteiger partial charge in [-0.15, -0.1) is 0 Å². The first-order valence-electron chi connectivity index (χ1n) is 3.72. The van der Waals surface area contributed by atoms with Crippen LogP contribution in [-0.4, -0.2) is 11.5 Å². The summed E-state index contributed by atoms with van der Waals surface area (Å²) in [6, 6.07) is 4.30. The van der Waals surface area contributed by atoms with Crippen LogP contribution in [0.3, 0.4) is 0 Å². The minimum absolute atomic E-state index is 0.169. The lowest BCUT2D eigenvalue weighted by molar-refractivity contribution is -0.00582. The van der Waals surface area contributed by atoms with Gasteiger partial charge in [0.25, 0.3) is 6.43 Å². The van der Waals surface area contributed by atoms with E-state index in [0.717, 1.165) is 18.2 Å².